The topological polar surface area (TPSA) is 24.5 Å². The lowest BCUT2D eigenvalue weighted by atomic mass is 10.2. The predicted octanol–water partition coefficient (Wildman–Crippen LogP) is 1.49. The number of nitrogens with one attached hydrogen (secondary N) is 1. The Hall–Kier alpha value is -0.120. The zero-order chi connectivity index (χ0) is 11.4. The van der Waals surface area contributed by atoms with Gasteiger partial charge in [0.25, 0.3) is 0 Å². The van der Waals surface area contributed by atoms with Crippen molar-refractivity contribution < 1.29 is 4.74 Å². The highest BCUT2D eigenvalue weighted by Gasteiger charge is 2.31. The van der Waals surface area contributed by atoms with Crippen molar-refractivity contribution >= 4 is 0 Å². The Balaban J connectivity index is 1.66. The second kappa shape index (κ2) is 5.99. The van der Waals surface area contributed by atoms with Crippen molar-refractivity contribution in [3.8, 4) is 0 Å². The van der Waals surface area contributed by atoms with E-state index in [0.29, 0.717) is 0 Å². The summed E-state index contributed by atoms with van der Waals surface area (Å²) in [5, 5.41) is 3.60. The van der Waals surface area contributed by atoms with Gasteiger partial charge in [-0.15, -0.1) is 0 Å². The summed E-state index contributed by atoms with van der Waals surface area (Å²) in [5.41, 5.74) is 0. The summed E-state index contributed by atoms with van der Waals surface area (Å²) in [7, 11) is 1.79. The van der Waals surface area contributed by atoms with Crippen LogP contribution >= 0.6 is 0 Å². The molecule has 3 nitrogen and oxygen atoms in total. The summed E-state index contributed by atoms with van der Waals surface area (Å²) in [6.07, 6.45) is 5.63. The fourth-order valence-electron chi connectivity index (χ4n) is 2.30. The number of nitrogens with zero attached hydrogens (tertiary/aromatic N) is 1. The van der Waals surface area contributed by atoms with Gasteiger partial charge in [0, 0.05) is 38.8 Å². The molecule has 0 aromatic heterocycles. The van der Waals surface area contributed by atoms with Crippen LogP contribution in [0.15, 0.2) is 0 Å². The van der Waals surface area contributed by atoms with Gasteiger partial charge in [-0.3, -0.25) is 4.90 Å². The van der Waals surface area contributed by atoms with Crippen molar-refractivity contribution in [1.29, 1.82) is 0 Å². The Kier molecular flexibility index (Phi) is 4.62. The highest BCUT2D eigenvalue weighted by molar-refractivity contribution is 4.86. The van der Waals surface area contributed by atoms with E-state index in [-0.39, 0.29) is 0 Å². The number of ether oxygens (including phenoxy) is 1. The van der Waals surface area contributed by atoms with Gasteiger partial charge in [-0.05, 0) is 38.5 Å². The first-order valence-electron chi connectivity index (χ1n) is 6.77. The van der Waals surface area contributed by atoms with Crippen molar-refractivity contribution in [1.82, 2.24) is 10.2 Å². The van der Waals surface area contributed by atoms with Crippen molar-refractivity contribution in [3.63, 3.8) is 0 Å². The monoisotopic (exact) mass is 226 g/mol. The molecule has 1 atom stereocenters. The molecule has 0 aromatic carbocycles. The molecular formula is C13H26N2O. The zero-order valence-electron chi connectivity index (χ0n) is 10.7. The van der Waals surface area contributed by atoms with Gasteiger partial charge in [0.2, 0.25) is 0 Å². The zero-order valence-corrected chi connectivity index (χ0v) is 10.7. The Morgan fingerprint density at radius 3 is 2.56 bits per heavy atom. The summed E-state index contributed by atoms with van der Waals surface area (Å²) in [5.74, 6) is 0.956. The highest BCUT2D eigenvalue weighted by atomic mass is 16.5. The molecule has 3 heteroatoms. The minimum Gasteiger partial charge on any atom is -0.383 e. The van der Waals surface area contributed by atoms with E-state index in [4.69, 9.17) is 4.74 Å². The van der Waals surface area contributed by atoms with Crippen LogP contribution in [0, 0.1) is 5.92 Å². The summed E-state index contributed by atoms with van der Waals surface area (Å²) < 4.78 is 5.20. The maximum Gasteiger partial charge on any atom is 0.0589 e. The number of hydrogen-bond acceptors (Lipinski definition) is 3. The van der Waals surface area contributed by atoms with Gasteiger partial charge in [0.05, 0.1) is 6.61 Å². The van der Waals surface area contributed by atoms with Crippen LogP contribution in [0.5, 0.6) is 0 Å². The van der Waals surface area contributed by atoms with Crippen molar-refractivity contribution in [2.75, 3.05) is 33.4 Å². The van der Waals surface area contributed by atoms with Gasteiger partial charge in [-0.25, -0.2) is 0 Å². The first kappa shape index (κ1) is 12.3. The second-order valence-electron chi connectivity index (χ2n) is 5.34. The lowest BCUT2D eigenvalue weighted by Crippen LogP contribution is -2.41. The maximum absolute atomic E-state index is 5.20. The molecule has 0 aromatic rings. The molecule has 0 aliphatic heterocycles. The SMILES string of the molecule is COCCN(CCNC1CC1)C(C)C1CC1. The van der Waals surface area contributed by atoms with Crippen LogP contribution in [0.1, 0.15) is 32.6 Å². The van der Waals surface area contributed by atoms with E-state index < -0.39 is 0 Å². The van der Waals surface area contributed by atoms with Crippen LogP contribution in [0.4, 0.5) is 0 Å². The van der Waals surface area contributed by atoms with E-state index in [9.17, 15) is 0 Å². The minimum absolute atomic E-state index is 0.746. The number of methoxy groups -OCH3 is 1. The van der Waals surface area contributed by atoms with Crippen molar-refractivity contribution in [2.45, 2.75) is 44.7 Å². The average Bonchev–Trinajstić information content (AvgIpc) is 3.16. The summed E-state index contributed by atoms with van der Waals surface area (Å²) >= 11 is 0. The van der Waals surface area contributed by atoms with E-state index >= 15 is 0 Å². The predicted molar refractivity (Wildman–Crippen MR) is 66.7 cm³/mol. The van der Waals surface area contributed by atoms with Crippen LogP contribution < -0.4 is 5.32 Å². The molecule has 0 amide bonds. The third-order valence-electron chi connectivity index (χ3n) is 3.87. The Bertz CT molecular complexity index is 202. The molecule has 1 N–H and O–H groups in total. The quantitative estimate of drug-likeness (QED) is 0.644. The molecule has 0 radical (unpaired) electrons. The number of rotatable bonds is 9. The summed E-state index contributed by atoms with van der Waals surface area (Å²) in [6, 6.07) is 1.58. The Morgan fingerprint density at radius 1 is 1.25 bits per heavy atom. The van der Waals surface area contributed by atoms with E-state index in [1.807, 2.05) is 0 Å². The van der Waals surface area contributed by atoms with Gasteiger partial charge in [-0.1, -0.05) is 0 Å². The van der Waals surface area contributed by atoms with Gasteiger partial charge >= 0.3 is 0 Å². The molecule has 2 aliphatic carbocycles. The van der Waals surface area contributed by atoms with Crippen molar-refractivity contribution in [3.05, 3.63) is 0 Å². The first-order chi connectivity index (χ1) is 7.81. The van der Waals surface area contributed by atoms with Crippen LogP contribution in [-0.2, 0) is 4.74 Å². The highest BCUT2D eigenvalue weighted by Crippen LogP contribution is 2.34. The van der Waals surface area contributed by atoms with Crippen LogP contribution in [0.3, 0.4) is 0 Å². The smallest absolute Gasteiger partial charge is 0.0589 e. The minimum atomic E-state index is 0.746. The molecule has 2 saturated carbocycles. The second-order valence-corrected chi connectivity index (χ2v) is 5.34. The molecular weight excluding hydrogens is 200 g/mol. The maximum atomic E-state index is 5.20. The third kappa shape index (κ3) is 4.04. The van der Waals surface area contributed by atoms with E-state index in [1.165, 1.54) is 32.2 Å². The van der Waals surface area contributed by atoms with Gasteiger partial charge in [0.1, 0.15) is 0 Å². The number of hydrogen-bond donors (Lipinski definition) is 1. The van der Waals surface area contributed by atoms with Crippen LogP contribution in [0.2, 0.25) is 0 Å². The molecule has 1 unspecified atom stereocenters. The van der Waals surface area contributed by atoms with Crippen molar-refractivity contribution in [2.24, 2.45) is 5.92 Å². The molecule has 0 bridgehead atoms. The molecule has 2 aliphatic rings. The molecule has 0 heterocycles. The fourth-order valence-corrected chi connectivity index (χ4v) is 2.30. The standard InChI is InChI=1S/C13H26N2O/c1-11(12-3-4-12)15(9-10-16-2)8-7-14-13-5-6-13/h11-14H,3-10H2,1-2H3. The lowest BCUT2D eigenvalue weighted by Gasteiger charge is -2.29. The fraction of sp³-hybridized carbons (Fsp3) is 1.00. The summed E-state index contributed by atoms with van der Waals surface area (Å²) in [4.78, 5) is 2.59. The Labute approximate surface area is 99.5 Å². The molecule has 0 saturated heterocycles. The molecule has 2 fully saturated rings. The van der Waals surface area contributed by atoms with E-state index in [0.717, 1.165) is 37.7 Å². The van der Waals surface area contributed by atoms with Gasteiger partial charge in [0.15, 0.2) is 0 Å². The average molecular weight is 226 g/mol. The van der Waals surface area contributed by atoms with E-state index in [1.54, 1.807) is 7.11 Å². The molecule has 16 heavy (non-hydrogen) atoms. The summed E-state index contributed by atoms with van der Waals surface area (Å²) in [6.45, 7) is 6.65. The molecule has 0 spiro atoms. The van der Waals surface area contributed by atoms with Crippen LogP contribution in [-0.4, -0.2) is 50.3 Å². The largest absolute Gasteiger partial charge is 0.383 e. The van der Waals surface area contributed by atoms with Gasteiger partial charge in [-0.2, -0.15) is 0 Å². The third-order valence-corrected chi connectivity index (χ3v) is 3.87. The van der Waals surface area contributed by atoms with E-state index in [2.05, 4.69) is 17.1 Å². The normalized spacial score (nSPS) is 22.7. The Morgan fingerprint density at radius 2 is 2.00 bits per heavy atom. The van der Waals surface area contributed by atoms with Gasteiger partial charge < -0.3 is 10.1 Å². The van der Waals surface area contributed by atoms with Crippen LogP contribution in [0.25, 0.3) is 0 Å². The first-order valence-corrected chi connectivity index (χ1v) is 6.77. The molecule has 94 valence electrons. The molecule has 2 rings (SSSR count). The lowest BCUT2D eigenvalue weighted by molar-refractivity contribution is 0.117.